The van der Waals surface area contributed by atoms with Crippen LogP contribution in [0.25, 0.3) is 0 Å². The van der Waals surface area contributed by atoms with Gasteiger partial charge < -0.3 is 24.2 Å². The lowest BCUT2D eigenvalue weighted by molar-refractivity contribution is -0.161. The second-order valence-electron chi connectivity index (χ2n) is 17.6. The molecule has 0 rings (SSSR count). The Morgan fingerprint density at radius 3 is 1.26 bits per heavy atom. The van der Waals surface area contributed by atoms with Crippen LogP contribution in [0.15, 0.2) is 97.2 Å². The molecule has 0 aliphatic carbocycles. The molecule has 0 heterocycles. The van der Waals surface area contributed by atoms with Crippen LogP contribution in [0.1, 0.15) is 213 Å². The molecule has 0 bridgehead atoms. The van der Waals surface area contributed by atoms with Gasteiger partial charge in [0, 0.05) is 19.3 Å². The number of carbonyl (C=O) groups is 3. The molecule has 3 unspecified atom stereocenters. The summed E-state index contributed by atoms with van der Waals surface area (Å²) in [7, 11) is -4.77. The minimum Gasteiger partial charge on any atom is -0.462 e. The molecule has 11 nitrogen and oxygen atoms in total. The molecule has 0 saturated carbocycles. The van der Waals surface area contributed by atoms with Crippen molar-refractivity contribution in [3.8, 4) is 0 Å². The number of hydrogen-bond donors (Lipinski definition) is 2. The Bertz CT molecular complexity index is 1540. The SMILES string of the molecule is CC/C=C\C/C=C\C/C=C\C/C=C\CCC(=O)OC(COC(=O)CCCCCCCCC/C=C\CCCCCCCC)COP(=O)(O)OCC(CO)OC(=O)CCCCC/C=C\C/C=C\C/C=C\CC. The Labute approximate surface area is 425 Å². The van der Waals surface area contributed by atoms with Crippen LogP contribution in [0.3, 0.4) is 0 Å². The molecule has 2 N–H and O–H groups in total. The number of aliphatic hydroxyl groups is 1. The summed E-state index contributed by atoms with van der Waals surface area (Å²) >= 11 is 0. The molecule has 0 fully saturated rings. The van der Waals surface area contributed by atoms with Crippen LogP contribution in [-0.2, 0) is 42.2 Å². The number of rotatable bonds is 49. The van der Waals surface area contributed by atoms with Crippen molar-refractivity contribution in [1.82, 2.24) is 0 Å². The van der Waals surface area contributed by atoms with Crippen molar-refractivity contribution in [3.63, 3.8) is 0 Å². The zero-order valence-corrected chi connectivity index (χ0v) is 44.8. The summed E-state index contributed by atoms with van der Waals surface area (Å²) in [6, 6.07) is 0. The number of unbranched alkanes of at least 4 members (excludes halogenated alkanes) is 16. The summed E-state index contributed by atoms with van der Waals surface area (Å²) in [6.45, 7) is 4.27. The van der Waals surface area contributed by atoms with E-state index >= 15 is 0 Å². The maximum Gasteiger partial charge on any atom is 0.472 e. The van der Waals surface area contributed by atoms with Gasteiger partial charge in [-0.15, -0.1) is 0 Å². The molecule has 0 aromatic rings. The summed E-state index contributed by atoms with van der Waals surface area (Å²) in [5.41, 5.74) is 0. The molecule has 0 aliphatic rings. The van der Waals surface area contributed by atoms with E-state index in [1.807, 2.05) is 12.2 Å². The van der Waals surface area contributed by atoms with Gasteiger partial charge in [0.05, 0.1) is 19.8 Å². The number of phosphoric acid groups is 1. The first kappa shape index (κ1) is 66.4. The molecule has 70 heavy (non-hydrogen) atoms. The average molecular weight is 1000 g/mol. The van der Waals surface area contributed by atoms with E-state index in [1.54, 1.807) is 0 Å². The standard InChI is InChI=1S/C58H97O11P/c1-4-7-10-13-16-19-22-25-26-27-28-31-32-35-38-41-44-47-56(60)65-51-55(69-58(62)49-46-43-40-37-34-30-24-21-18-15-12-9-6-3)53-67-70(63,64)66-52-54(50-59)68-57(61)48-45-42-39-36-33-29-23-20-17-14-11-8-5-2/h8-9,11-12,17-18,20-21,25-26,29-30,33-34,40,43,54-55,59H,4-7,10,13-16,19,22-24,27-28,31-32,35-39,41-42,44-53H2,1-3H3,(H,63,64)/b11-8-,12-9-,20-17-,21-18-,26-25-,33-29-,34-30-,43-40-. The third-order valence-corrected chi connectivity index (χ3v) is 11.9. The second-order valence-corrected chi connectivity index (χ2v) is 19.1. The van der Waals surface area contributed by atoms with Gasteiger partial charge >= 0.3 is 25.7 Å². The third-order valence-electron chi connectivity index (χ3n) is 11.0. The van der Waals surface area contributed by atoms with Crippen LogP contribution in [-0.4, -0.2) is 66.5 Å². The van der Waals surface area contributed by atoms with Gasteiger partial charge in [0.15, 0.2) is 6.10 Å². The fraction of sp³-hybridized carbons (Fsp3) is 0.672. The van der Waals surface area contributed by atoms with Crippen molar-refractivity contribution in [1.29, 1.82) is 0 Å². The van der Waals surface area contributed by atoms with E-state index in [0.29, 0.717) is 19.3 Å². The highest BCUT2D eigenvalue weighted by Gasteiger charge is 2.28. The Morgan fingerprint density at radius 2 is 0.771 bits per heavy atom. The summed E-state index contributed by atoms with van der Waals surface area (Å²) in [6.07, 6.45) is 59.7. The maximum absolute atomic E-state index is 12.9. The first-order valence-corrected chi connectivity index (χ1v) is 28.6. The van der Waals surface area contributed by atoms with Crippen LogP contribution in [0, 0.1) is 0 Å². The molecule has 0 radical (unpaired) electrons. The zero-order valence-electron chi connectivity index (χ0n) is 43.9. The molecule has 0 saturated heterocycles. The number of esters is 3. The zero-order chi connectivity index (χ0) is 51.3. The van der Waals surface area contributed by atoms with Gasteiger partial charge in [0.25, 0.3) is 0 Å². The van der Waals surface area contributed by atoms with Gasteiger partial charge in [0.1, 0.15) is 12.7 Å². The van der Waals surface area contributed by atoms with Crippen LogP contribution < -0.4 is 0 Å². The number of aliphatic hydroxyl groups excluding tert-OH is 1. The Morgan fingerprint density at radius 1 is 0.414 bits per heavy atom. The number of ether oxygens (including phenoxy) is 3. The largest absolute Gasteiger partial charge is 0.472 e. The van der Waals surface area contributed by atoms with Crippen LogP contribution in [0.5, 0.6) is 0 Å². The fourth-order valence-corrected chi connectivity index (χ4v) is 7.69. The molecule has 12 heteroatoms. The lowest BCUT2D eigenvalue weighted by atomic mass is 10.1. The minimum absolute atomic E-state index is 0.0396. The molecular weight excluding hydrogens is 904 g/mol. The Hall–Kier alpha value is -3.60. The average Bonchev–Trinajstić information content (AvgIpc) is 3.35. The van der Waals surface area contributed by atoms with E-state index in [-0.39, 0.29) is 25.9 Å². The Balaban J connectivity index is 4.82. The number of hydrogen-bond acceptors (Lipinski definition) is 10. The van der Waals surface area contributed by atoms with Gasteiger partial charge in [-0.1, -0.05) is 189 Å². The topological polar surface area (TPSA) is 155 Å². The minimum atomic E-state index is -4.77. The van der Waals surface area contributed by atoms with Crippen molar-refractivity contribution in [2.45, 2.75) is 226 Å². The lowest BCUT2D eigenvalue weighted by Crippen LogP contribution is -2.30. The fourth-order valence-electron chi connectivity index (χ4n) is 6.91. The summed E-state index contributed by atoms with van der Waals surface area (Å²) in [5, 5.41) is 9.78. The van der Waals surface area contributed by atoms with Crippen molar-refractivity contribution >= 4 is 25.7 Å². The van der Waals surface area contributed by atoms with Crippen LogP contribution in [0.2, 0.25) is 0 Å². The highest BCUT2D eigenvalue weighted by Crippen LogP contribution is 2.43. The van der Waals surface area contributed by atoms with Crippen molar-refractivity contribution in [2.24, 2.45) is 0 Å². The van der Waals surface area contributed by atoms with E-state index in [4.69, 9.17) is 23.3 Å². The Kier molecular flexibility index (Phi) is 49.1. The van der Waals surface area contributed by atoms with Crippen LogP contribution in [0.4, 0.5) is 0 Å². The first-order valence-electron chi connectivity index (χ1n) is 27.1. The molecule has 0 aromatic heterocycles. The van der Waals surface area contributed by atoms with E-state index < -0.39 is 57.8 Å². The molecule has 3 atom stereocenters. The molecule has 400 valence electrons. The van der Waals surface area contributed by atoms with Crippen molar-refractivity contribution in [2.75, 3.05) is 26.4 Å². The molecule has 0 aromatic carbocycles. The molecular formula is C58H97O11P. The highest BCUT2D eigenvalue weighted by atomic mass is 31.2. The van der Waals surface area contributed by atoms with Crippen molar-refractivity contribution in [3.05, 3.63) is 97.2 Å². The maximum atomic E-state index is 12.9. The highest BCUT2D eigenvalue weighted by molar-refractivity contribution is 7.47. The predicted octanol–water partition coefficient (Wildman–Crippen LogP) is 15.7. The van der Waals surface area contributed by atoms with E-state index in [2.05, 4.69) is 106 Å². The number of carbonyl (C=O) groups excluding carboxylic acids is 3. The molecule has 0 amide bonds. The van der Waals surface area contributed by atoms with E-state index in [0.717, 1.165) is 89.9 Å². The monoisotopic (exact) mass is 1000 g/mol. The van der Waals surface area contributed by atoms with E-state index in [9.17, 15) is 28.9 Å². The normalized spacial score (nSPS) is 14.2. The predicted molar refractivity (Wildman–Crippen MR) is 288 cm³/mol. The quantitative estimate of drug-likeness (QED) is 0.0197. The van der Waals surface area contributed by atoms with Crippen LogP contribution >= 0.6 is 7.82 Å². The first-order chi connectivity index (χ1) is 34.2. The van der Waals surface area contributed by atoms with Gasteiger partial charge in [0.2, 0.25) is 0 Å². The second kappa shape index (κ2) is 51.7. The third kappa shape index (κ3) is 49.4. The summed E-state index contributed by atoms with van der Waals surface area (Å²) in [4.78, 5) is 48.3. The number of phosphoric ester groups is 1. The van der Waals surface area contributed by atoms with Gasteiger partial charge in [-0.25, -0.2) is 4.57 Å². The van der Waals surface area contributed by atoms with Gasteiger partial charge in [-0.2, -0.15) is 0 Å². The molecule has 0 spiro atoms. The smallest absolute Gasteiger partial charge is 0.462 e. The van der Waals surface area contributed by atoms with Gasteiger partial charge in [-0.3, -0.25) is 23.4 Å². The van der Waals surface area contributed by atoms with Gasteiger partial charge in [-0.05, 0) is 103 Å². The number of allylic oxidation sites excluding steroid dienone is 16. The summed E-state index contributed by atoms with van der Waals surface area (Å²) < 4.78 is 39.3. The van der Waals surface area contributed by atoms with E-state index in [1.165, 1.54) is 64.2 Å². The summed E-state index contributed by atoms with van der Waals surface area (Å²) in [5.74, 6) is -1.61. The lowest BCUT2D eigenvalue weighted by Gasteiger charge is -2.21. The molecule has 0 aliphatic heterocycles. The van der Waals surface area contributed by atoms with Crippen molar-refractivity contribution < 1.29 is 52.2 Å².